The number of carbonyl (C=O) groups is 1. The number of aromatic nitrogens is 2. The molecule has 3 aromatic heterocycles. The number of anilines is 1. The molecule has 0 bridgehead atoms. The number of amides is 1. The first-order valence-corrected chi connectivity index (χ1v) is 16.1. The van der Waals surface area contributed by atoms with Crippen molar-refractivity contribution in [3.63, 3.8) is 0 Å². The fraction of sp³-hybridized carbons (Fsp3) is 0.242. The van der Waals surface area contributed by atoms with Crippen LogP contribution in [0.15, 0.2) is 63.5 Å². The molecule has 5 heterocycles. The summed E-state index contributed by atoms with van der Waals surface area (Å²) in [5, 5.41) is 3.78. The molecule has 9 nitrogen and oxygen atoms in total. The van der Waals surface area contributed by atoms with E-state index in [0.29, 0.717) is 69.8 Å². The van der Waals surface area contributed by atoms with Crippen LogP contribution in [-0.4, -0.2) is 56.5 Å². The van der Waals surface area contributed by atoms with Gasteiger partial charge in [0.2, 0.25) is 10.0 Å². The van der Waals surface area contributed by atoms with Crippen molar-refractivity contribution in [3.05, 3.63) is 76.8 Å². The molecule has 7 rings (SSSR count). The number of allylic oxidation sites excluding steroid dienone is 1. The molecular weight excluding hydrogens is 581 g/mol. The van der Waals surface area contributed by atoms with E-state index in [9.17, 15) is 17.6 Å². The van der Waals surface area contributed by atoms with Crippen molar-refractivity contribution in [2.24, 2.45) is 4.99 Å². The molecule has 5 aromatic rings. The van der Waals surface area contributed by atoms with Crippen molar-refractivity contribution in [2.45, 2.75) is 26.8 Å². The van der Waals surface area contributed by atoms with E-state index in [1.807, 2.05) is 38.1 Å². The van der Waals surface area contributed by atoms with Crippen LogP contribution < -0.4 is 9.62 Å². The highest BCUT2D eigenvalue weighted by atomic mass is 32.2. The van der Waals surface area contributed by atoms with Crippen molar-refractivity contribution in [1.82, 2.24) is 14.9 Å². The van der Waals surface area contributed by atoms with Crippen LogP contribution in [0, 0.1) is 5.82 Å². The van der Waals surface area contributed by atoms with Crippen molar-refractivity contribution in [3.8, 4) is 22.6 Å². The fourth-order valence-electron chi connectivity index (χ4n) is 6.34. The standard InChI is InChI=1S/C33H30FN5O4S/c1-17-16-36-18(2)29(17)32-30(33(40)35-3)22-13-21(26(15-28(22)43-32)38(4)44(5,41)42)24-10-9-19-11-12-39-25-8-6-7-23(34)20(25)14-27(39)31(19)37-24/h6-10,13-15H,11-12,16H2,1-5H3,(H,35,40). The lowest BCUT2D eigenvalue weighted by atomic mass is 9.97. The zero-order valence-electron chi connectivity index (χ0n) is 24.9. The minimum atomic E-state index is -3.69. The van der Waals surface area contributed by atoms with Crippen LogP contribution in [0.5, 0.6) is 0 Å². The third kappa shape index (κ3) is 4.17. The van der Waals surface area contributed by atoms with Gasteiger partial charge in [-0.15, -0.1) is 0 Å². The second kappa shape index (κ2) is 9.88. The van der Waals surface area contributed by atoms with Gasteiger partial charge >= 0.3 is 0 Å². The lowest BCUT2D eigenvalue weighted by Crippen LogP contribution is -2.25. The summed E-state index contributed by atoms with van der Waals surface area (Å²) in [5.74, 6) is -0.237. The summed E-state index contributed by atoms with van der Waals surface area (Å²) in [6, 6.07) is 14.1. The van der Waals surface area contributed by atoms with Gasteiger partial charge in [-0.1, -0.05) is 12.1 Å². The summed E-state index contributed by atoms with van der Waals surface area (Å²) in [6.45, 7) is 5.03. The fourth-order valence-corrected chi connectivity index (χ4v) is 6.85. The Morgan fingerprint density at radius 1 is 1.11 bits per heavy atom. The molecule has 2 aliphatic rings. The molecule has 0 atom stereocenters. The van der Waals surface area contributed by atoms with Crippen LogP contribution in [0.2, 0.25) is 0 Å². The number of aliphatic imine (C=N–C) groups is 1. The number of hydrogen-bond donors (Lipinski definition) is 1. The van der Waals surface area contributed by atoms with E-state index in [-0.39, 0.29) is 11.7 Å². The Morgan fingerprint density at radius 3 is 2.61 bits per heavy atom. The molecule has 0 spiro atoms. The zero-order valence-corrected chi connectivity index (χ0v) is 25.8. The Morgan fingerprint density at radius 2 is 1.91 bits per heavy atom. The van der Waals surface area contributed by atoms with Gasteiger partial charge in [0.1, 0.15) is 17.2 Å². The third-order valence-corrected chi connectivity index (χ3v) is 9.85. The average Bonchev–Trinajstić information content (AvgIpc) is 3.67. The van der Waals surface area contributed by atoms with Gasteiger partial charge in [0, 0.05) is 54.3 Å². The molecule has 0 unspecified atom stereocenters. The maximum atomic E-state index is 14.7. The summed E-state index contributed by atoms with van der Waals surface area (Å²) in [4.78, 5) is 22.9. The van der Waals surface area contributed by atoms with Gasteiger partial charge in [0.25, 0.3) is 5.91 Å². The largest absolute Gasteiger partial charge is 0.455 e. The quantitative estimate of drug-likeness (QED) is 0.270. The Hall–Kier alpha value is -4.77. The van der Waals surface area contributed by atoms with Gasteiger partial charge in [-0.3, -0.25) is 14.1 Å². The van der Waals surface area contributed by atoms with Crippen LogP contribution in [0.3, 0.4) is 0 Å². The van der Waals surface area contributed by atoms with Crippen LogP contribution in [0.1, 0.15) is 35.5 Å². The normalized spacial score (nSPS) is 14.6. The number of sulfonamides is 1. The summed E-state index contributed by atoms with van der Waals surface area (Å²) >= 11 is 0. The topological polar surface area (TPSA) is 110 Å². The van der Waals surface area contributed by atoms with Crippen molar-refractivity contribution in [1.29, 1.82) is 0 Å². The highest BCUT2D eigenvalue weighted by Gasteiger charge is 2.30. The average molecular weight is 612 g/mol. The van der Waals surface area contributed by atoms with E-state index < -0.39 is 10.0 Å². The Labute approximate surface area is 253 Å². The summed E-state index contributed by atoms with van der Waals surface area (Å²) in [5.41, 5.74) is 7.89. The first-order chi connectivity index (χ1) is 21.0. The van der Waals surface area contributed by atoms with Gasteiger partial charge in [-0.05, 0) is 61.7 Å². The van der Waals surface area contributed by atoms with Gasteiger partial charge in [-0.25, -0.2) is 17.8 Å². The smallest absolute Gasteiger partial charge is 0.255 e. The number of carbonyl (C=O) groups excluding carboxylic acids is 1. The third-order valence-electron chi connectivity index (χ3n) is 8.66. The van der Waals surface area contributed by atoms with Gasteiger partial charge in [0.15, 0.2) is 0 Å². The van der Waals surface area contributed by atoms with E-state index in [0.717, 1.165) is 39.9 Å². The number of nitrogens with zero attached hydrogens (tertiary/aromatic N) is 4. The lowest BCUT2D eigenvalue weighted by molar-refractivity contribution is 0.0963. The number of hydrogen-bond acceptors (Lipinski definition) is 6. The number of pyridine rings is 1. The number of aryl methyl sites for hydroxylation is 2. The van der Waals surface area contributed by atoms with Gasteiger partial charge in [0.05, 0.1) is 46.6 Å². The van der Waals surface area contributed by atoms with Crippen molar-refractivity contribution >= 4 is 54.8 Å². The number of benzene rings is 2. The molecule has 0 saturated carbocycles. The number of halogens is 1. The minimum Gasteiger partial charge on any atom is -0.455 e. The monoisotopic (exact) mass is 611 g/mol. The second-order valence-corrected chi connectivity index (χ2v) is 13.4. The van der Waals surface area contributed by atoms with E-state index in [2.05, 4.69) is 14.9 Å². The molecule has 1 amide bonds. The molecule has 2 aliphatic heterocycles. The highest BCUT2D eigenvalue weighted by Crippen LogP contribution is 2.42. The van der Waals surface area contributed by atoms with Crippen LogP contribution in [-0.2, 0) is 23.0 Å². The predicted octanol–water partition coefficient (Wildman–Crippen LogP) is 5.82. The summed E-state index contributed by atoms with van der Waals surface area (Å²) in [7, 11) is -0.658. The van der Waals surface area contributed by atoms with Gasteiger partial charge in [-0.2, -0.15) is 0 Å². The predicted molar refractivity (Wildman–Crippen MR) is 171 cm³/mol. The SMILES string of the molecule is CNC(=O)c1c(C2=C(C)CN=C2C)oc2cc(N(C)S(C)(=O)=O)c(-c3ccc4c(n3)-c3cc5c(F)cccc5n3CC4)cc12. The molecule has 2 aromatic carbocycles. The molecule has 0 radical (unpaired) electrons. The molecule has 11 heteroatoms. The second-order valence-electron chi connectivity index (χ2n) is 11.3. The molecular formula is C33H30FN5O4S. The first kappa shape index (κ1) is 28.0. The molecule has 0 saturated heterocycles. The van der Waals surface area contributed by atoms with Crippen molar-refractivity contribution in [2.75, 3.05) is 31.2 Å². The Balaban J connectivity index is 1.51. The Bertz CT molecular complexity index is 2240. The van der Waals surface area contributed by atoms with Crippen LogP contribution in [0.4, 0.5) is 10.1 Å². The molecule has 0 aliphatic carbocycles. The lowest BCUT2D eigenvalue weighted by Gasteiger charge is -2.23. The van der Waals surface area contributed by atoms with Crippen LogP contribution >= 0.6 is 0 Å². The van der Waals surface area contributed by atoms with E-state index in [1.165, 1.54) is 17.4 Å². The van der Waals surface area contributed by atoms with E-state index in [1.54, 1.807) is 25.2 Å². The minimum absolute atomic E-state index is 0.296. The highest BCUT2D eigenvalue weighted by molar-refractivity contribution is 7.92. The first-order valence-electron chi connectivity index (χ1n) is 14.2. The zero-order chi connectivity index (χ0) is 31.1. The molecule has 44 heavy (non-hydrogen) atoms. The number of rotatable bonds is 5. The van der Waals surface area contributed by atoms with E-state index >= 15 is 0 Å². The maximum Gasteiger partial charge on any atom is 0.255 e. The van der Waals surface area contributed by atoms with Crippen molar-refractivity contribution < 1.29 is 22.0 Å². The number of nitrogens with one attached hydrogen (secondary N) is 1. The number of fused-ring (bicyclic) bond motifs is 6. The maximum absolute atomic E-state index is 14.7. The number of furan rings is 1. The van der Waals surface area contributed by atoms with E-state index in [4.69, 9.17) is 9.40 Å². The molecule has 0 fully saturated rings. The molecule has 224 valence electrons. The summed E-state index contributed by atoms with van der Waals surface area (Å²) < 4.78 is 50.0. The Kier molecular flexibility index (Phi) is 6.29. The molecule has 1 N–H and O–H groups in total. The van der Waals surface area contributed by atoms with Crippen LogP contribution in [0.25, 0.3) is 50.1 Å². The summed E-state index contributed by atoms with van der Waals surface area (Å²) in [6.07, 6.45) is 1.84. The van der Waals surface area contributed by atoms with Gasteiger partial charge < -0.3 is 14.3 Å².